The van der Waals surface area contributed by atoms with Crippen LogP contribution < -0.4 is 0 Å². The SMILES string of the molecule is Oc1cc2[c-]c[nH]c2cc1O.[O]=[Ti]=[O]. The van der Waals surface area contributed by atoms with E-state index in [-0.39, 0.29) is 11.5 Å². The van der Waals surface area contributed by atoms with Gasteiger partial charge in [0.25, 0.3) is 0 Å². The Hall–Kier alpha value is -1.33. The molecule has 0 radical (unpaired) electrons. The zero-order valence-corrected chi connectivity index (χ0v) is 8.50. The number of aromatic hydroxyl groups is 2. The molecular formula is C8H6NO4Ti-. The van der Waals surface area contributed by atoms with E-state index in [1.54, 1.807) is 6.20 Å². The molecule has 1 heterocycles. The van der Waals surface area contributed by atoms with E-state index >= 15 is 0 Å². The van der Waals surface area contributed by atoms with Gasteiger partial charge in [0.1, 0.15) is 11.5 Å². The molecule has 0 saturated carbocycles. The summed E-state index contributed by atoms with van der Waals surface area (Å²) in [7, 11) is 0. The topological polar surface area (TPSA) is 90.4 Å². The minimum absolute atomic E-state index is 0.117. The van der Waals surface area contributed by atoms with Crippen LogP contribution in [0.2, 0.25) is 0 Å². The molecule has 0 aliphatic carbocycles. The first-order valence-corrected chi connectivity index (χ1v) is 4.86. The molecule has 14 heavy (non-hydrogen) atoms. The predicted molar refractivity (Wildman–Crippen MR) is 41.8 cm³/mol. The molecule has 1 aromatic heterocycles. The number of phenolic OH excluding ortho intramolecular Hbond substituents is 2. The van der Waals surface area contributed by atoms with E-state index in [0.717, 1.165) is 10.9 Å². The van der Waals surface area contributed by atoms with Gasteiger partial charge in [0.2, 0.25) is 0 Å². The van der Waals surface area contributed by atoms with Crippen LogP contribution in [0.1, 0.15) is 0 Å². The first kappa shape index (κ1) is 10.8. The summed E-state index contributed by atoms with van der Waals surface area (Å²) < 4.78 is 17.0. The van der Waals surface area contributed by atoms with Gasteiger partial charge in [-0.3, -0.25) is 0 Å². The molecule has 0 fully saturated rings. The van der Waals surface area contributed by atoms with Gasteiger partial charge in [-0.15, -0.1) is 6.07 Å². The first-order valence-electron chi connectivity index (χ1n) is 3.59. The van der Waals surface area contributed by atoms with Crippen LogP contribution in [-0.2, 0) is 25.7 Å². The average molecular weight is 228 g/mol. The van der Waals surface area contributed by atoms with Crippen LogP contribution in [0.3, 0.4) is 0 Å². The summed E-state index contributed by atoms with van der Waals surface area (Å²) in [6.45, 7) is 0. The monoisotopic (exact) mass is 228 g/mol. The van der Waals surface area contributed by atoms with Gasteiger partial charge in [0.15, 0.2) is 0 Å². The first-order chi connectivity index (χ1) is 6.69. The van der Waals surface area contributed by atoms with Gasteiger partial charge in [-0.05, 0) is 6.07 Å². The second-order valence-electron chi connectivity index (χ2n) is 2.40. The molecule has 0 bridgehead atoms. The minimum atomic E-state index is -2.00. The van der Waals surface area contributed by atoms with Gasteiger partial charge in [-0.1, -0.05) is 11.7 Å². The molecule has 0 unspecified atom stereocenters. The third-order valence-corrected chi connectivity index (χ3v) is 1.57. The molecule has 5 nitrogen and oxygen atoms in total. The van der Waals surface area contributed by atoms with Crippen LogP contribution in [-0.4, -0.2) is 15.2 Å². The fourth-order valence-electron chi connectivity index (χ4n) is 1.01. The maximum atomic E-state index is 9.05. The number of benzene rings is 1. The van der Waals surface area contributed by atoms with Crippen molar-refractivity contribution in [1.29, 1.82) is 0 Å². The molecule has 2 rings (SSSR count). The van der Waals surface area contributed by atoms with Crippen molar-refractivity contribution in [2.45, 2.75) is 0 Å². The van der Waals surface area contributed by atoms with Crippen molar-refractivity contribution >= 4 is 10.9 Å². The van der Waals surface area contributed by atoms with E-state index < -0.39 is 19.1 Å². The third kappa shape index (κ3) is 2.34. The summed E-state index contributed by atoms with van der Waals surface area (Å²) in [6.07, 6.45) is 1.63. The van der Waals surface area contributed by atoms with Crippen LogP contribution in [0.25, 0.3) is 10.9 Å². The number of phenols is 2. The number of hydrogen-bond donors (Lipinski definition) is 3. The van der Waals surface area contributed by atoms with Gasteiger partial charge in [-0.2, -0.15) is 11.5 Å². The Bertz CT molecular complexity index is 437. The Balaban J connectivity index is 0.000000293. The Morgan fingerprint density at radius 1 is 1.21 bits per heavy atom. The number of aromatic amines is 1. The van der Waals surface area contributed by atoms with E-state index in [2.05, 4.69) is 11.1 Å². The van der Waals surface area contributed by atoms with Crippen LogP contribution >= 0.6 is 0 Å². The average Bonchev–Trinajstić information content (AvgIpc) is 2.54. The second kappa shape index (κ2) is 4.78. The number of hydrogen-bond acceptors (Lipinski definition) is 4. The van der Waals surface area contributed by atoms with E-state index in [9.17, 15) is 0 Å². The molecule has 2 aromatic rings. The maximum absolute atomic E-state index is 9.05. The van der Waals surface area contributed by atoms with Gasteiger partial charge in [0.05, 0.1) is 0 Å². The summed E-state index contributed by atoms with van der Waals surface area (Å²) in [4.78, 5) is 2.86. The van der Waals surface area contributed by atoms with Gasteiger partial charge in [0, 0.05) is 0 Å². The third-order valence-electron chi connectivity index (χ3n) is 1.57. The van der Waals surface area contributed by atoms with E-state index in [1.807, 2.05) is 0 Å². The second-order valence-corrected chi connectivity index (χ2v) is 2.66. The normalized spacial score (nSPS) is 8.86. The Labute approximate surface area is 87.9 Å². The molecule has 1 aromatic carbocycles. The van der Waals surface area contributed by atoms with E-state index in [0.29, 0.717) is 0 Å². The molecule has 0 aliphatic rings. The zero-order valence-electron chi connectivity index (χ0n) is 6.94. The predicted octanol–water partition coefficient (Wildman–Crippen LogP) is 1.14. The Kier molecular flexibility index (Phi) is 3.67. The molecule has 0 spiro atoms. The van der Waals surface area contributed by atoms with Gasteiger partial charge >= 0.3 is 25.7 Å². The van der Waals surface area contributed by atoms with Crippen molar-refractivity contribution in [1.82, 2.24) is 4.98 Å². The van der Waals surface area contributed by atoms with Crippen molar-refractivity contribution in [2.75, 3.05) is 0 Å². The number of nitrogens with one attached hydrogen (secondary N) is 1. The molecule has 0 atom stereocenters. The van der Waals surface area contributed by atoms with Crippen molar-refractivity contribution in [3.8, 4) is 11.5 Å². The summed E-state index contributed by atoms with van der Waals surface area (Å²) >= 11 is -2.00. The molecule has 0 aliphatic heterocycles. The number of H-pyrrole nitrogens is 1. The Morgan fingerprint density at radius 3 is 2.43 bits per heavy atom. The van der Waals surface area contributed by atoms with Crippen LogP contribution in [0.4, 0.5) is 0 Å². The Morgan fingerprint density at radius 2 is 1.79 bits per heavy atom. The van der Waals surface area contributed by atoms with Crippen LogP contribution in [0, 0.1) is 6.07 Å². The van der Waals surface area contributed by atoms with Crippen molar-refractivity contribution in [2.24, 2.45) is 0 Å². The molecule has 0 amide bonds. The van der Waals surface area contributed by atoms with Gasteiger partial charge in [-0.25, -0.2) is 0 Å². The number of aromatic nitrogens is 1. The molecule has 0 saturated heterocycles. The molecule has 72 valence electrons. The zero-order chi connectivity index (χ0) is 10.6. The fourth-order valence-corrected chi connectivity index (χ4v) is 1.01. The molecule has 3 N–H and O–H groups in total. The van der Waals surface area contributed by atoms with Crippen LogP contribution in [0.15, 0.2) is 18.3 Å². The molecule has 6 heteroatoms. The van der Waals surface area contributed by atoms with Gasteiger partial charge < -0.3 is 15.2 Å². The quantitative estimate of drug-likeness (QED) is 0.358. The standard InChI is InChI=1S/C8H6NO2.2O.Ti/c10-7-3-5-1-2-9-6(5)4-8(7)11;;;/h2-4,9-11H;;;/q-1;;;. The van der Waals surface area contributed by atoms with Crippen LogP contribution in [0.5, 0.6) is 11.5 Å². The van der Waals surface area contributed by atoms with Crippen molar-refractivity contribution in [3.63, 3.8) is 0 Å². The van der Waals surface area contributed by atoms with E-state index in [1.165, 1.54) is 12.1 Å². The summed E-state index contributed by atoms with van der Waals surface area (Å²) in [6, 6.07) is 5.78. The van der Waals surface area contributed by atoms with Crippen molar-refractivity contribution in [3.05, 3.63) is 24.4 Å². The van der Waals surface area contributed by atoms with E-state index in [4.69, 9.17) is 16.9 Å². The fraction of sp³-hybridized carbons (Fsp3) is 0. The molecular weight excluding hydrogens is 222 g/mol. The number of rotatable bonds is 0. The number of fused-ring (bicyclic) bond motifs is 1. The van der Waals surface area contributed by atoms with Crippen molar-refractivity contribution < 1.29 is 36.0 Å². The summed E-state index contributed by atoms with van der Waals surface area (Å²) in [5.74, 6) is -0.235. The summed E-state index contributed by atoms with van der Waals surface area (Å²) in [5.41, 5.74) is 0.764. The summed E-state index contributed by atoms with van der Waals surface area (Å²) in [5, 5.41) is 18.9.